The van der Waals surface area contributed by atoms with E-state index in [1.807, 2.05) is 36.4 Å². The molecule has 0 aromatic heterocycles. The van der Waals surface area contributed by atoms with Crippen LogP contribution in [0.2, 0.25) is 0 Å². The van der Waals surface area contributed by atoms with E-state index in [1.54, 1.807) is 6.08 Å². The molecule has 10 N–H and O–H groups in total. The number of carbonyl (C=O) groups excluding carboxylic acids is 3. The van der Waals surface area contributed by atoms with Gasteiger partial charge in [-0.1, -0.05) is 61.7 Å². The van der Waals surface area contributed by atoms with Gasteiger partial charge in [0.1, 0.15) is 11.8 Å². The molecule has 0 heterocycles. The molecule has 1 aromatic rings. The van der Waals surface area contributed by atoms with Gasteiger partial charge in [-0.2, -0.15) is 0 Å². The molecule has 1 saturated carbocycles. The van der Waals surface area contributed by atoms with E-state index < -0.39 is 30.2 Å². The molecular weight excluding hydrogens is 516 g/mol. The van der Waals surface area contributed by atoms with Gasteiger partial charge in [0.05, 0.1) is 24.7 Å². The number of ketones is 1. The number of rotatable bonds is 17. The molecule has 1 aliphatic carbocycles. The molecule has 5 atom stereocenters. The maximum Gasteiger partial charge on any atom is 0.338 e. The summed E-state index contributed by atoms with van der Waals surface area (Å²) < 4.78 is 0. The highest BCUT2D eigenvalue weighted by Gasteiger charge is 2.39. The maximum atomic E-state index is 12.2. The van der Waals surface area contributed by atoms with E-state index in [2.05, 4.69) is 10.7 Å². The summed E-state index contributed by atoms with van der Waals surface area (Å²) in [5, 5.41) is 41.0. The quantitative estimate of drug-likeness (QED) is 0.0482. The van der Waals surface area contributed by atoms with Gasteiger partial charge >= 0.3 is 5.96 Å². The monoisotopic (exact) mass is 562 g/mol. The average Bonchev–Trinajstić information content (AvgIpc) is 3.18. The molecular formula is C29H46N4O7. The van der Waals surface area contributed by atoms with Crippen LogP contribution in [0.3, 0.4) is 0 Å². The standard InChI is InChI=1S/C23H32O5.C6H14N4O2/c24-18(13-12-17-8-4-3-5-9-17)14-15-20-19(21(25)16-22(20)26)10-6-1-2-7-11-23(27)28;7-4(5(11)12)2-1-3-10-6(8)9/h3-5,8-9,14-15,18-20,22,24,26H,1-2,6-7,10-13,16H2,(H,27,28);4H,1-3,7H2,(H,11,12)(H4,8,9,10)/b15-14+;/t18-,19?,20?,22+;4-/m00/s1. The third kappa shape index (κ3) is 15.3. The van der Waals surface area contributed by atoms with Crippen LogP contribution in [0.25, 0.3) is 0 Å². The molecule has 0 spiro atoms. The van der Waals surface area contributed by atoms with Crippen molar-refractivity contribution in [2.45, 2.75) is 88.9 Å². The summed E-state index contributed by atoms with van der Waals surface area (Å²) in [5.74, 6) is -2.39. The first-order valence-electron chi connectivity index (χ1n) is 14.0. The number of benzene rings is 1. The minimum absolute atomic E-state index is 0.0767. The number of carboxylic acid groups (broad SMARTS) is 2. The minimum Gasteiger partial charge on any atom is -0.550 e. The Bertz CT molecular complexity index is 951. The van der Waals surface area contributed by atoms with Crippen LogP contribution in [0, 0.1) is 11.8 Å². The topological polar surface area (TPSA) is 231 Å². The number of Topliss-reactive ketones (excluding diaryl/α,β-unsaturated/α-hetero) is 1. The van der Waals surface area contributed by atoms with Crippen LogP contribution in [0.4, 0.5) is 0 Å². The van der Waals surface area contributed by atoms with Crippen LogP contribution in [-0.4, -0.2) is 58.7 Å². The van der Waals surface area contributed by atoms with Gasteiger partial charge in [-0.3, -0.25) is 21.3 Å². The molecule has 1 aromatic carbocycles. The molecule has 11 nitrogen and oxygen atoms in total. The number of quaternary nitrogens is 1. The Morgan fingerprint density at radius 3 is 2.38 bits per heavy atom. The summed E-state index contributed by atoms with van der Waals surface area (Å²) in [6.07, 6.45) is 8.75. The van der Waals surface area contributed by atoms with Crippen molar-refractivity contribution in [1.82, 2.24) is 0 Å². The lowest BCUT2D eigenvalue weighted by Gasteiger charge is -2.18. The van der Waals surface area contributed by atoms with E-state index in [0.29, 0.717) is 38.6 Å². The number of carboxylic acids is 2. The van der Waals surface area contributed by atoms with Crippen molar-refractivity contribution in [3.05, 3.63) is 48.0 Å². The molecule has 0 aliphatic heterocycles. The van der Waals surface area contributed by atoms with Gasteiger partial charge in [0.25, 0.3) is 0 Å². The number of aliphatic hydroxyl groups excluding tert-OH is 2. The van der Waals surface area contributed by atoms with Crippen molar-refractivity contribution in [1.29, 1.82) is 0 Å². The van der Waals surface area contributed by atoms with Crippen molar-refractivity contribution in [2.75, 3.05) is 6.54 Å². The first-order chi connectivity index (χ1) is 19.0. The number of guanidine groups is 1. The maximum absolute atomic E-state index is 12.2. The van der Waals surface area contributed by atoms with Gasteiger partial charge < -0.3 is 35.7 Å². The highest BCUT2D eigenvalue weighted by atomic mass is 16.4. The zero-order chi connectivity index (χ0) is 29.9. The summed E-state index contributed by atoms with van der Waals surface area (Å²) in [5.41, 5.74) is 14.8. The molecule has 0 radical (unpaired) electrons. The number of nitrogens with two attached hydrogens (primary N) is 2. The van der Waals surface area contributed by atoms with Crippen molar-refractivity contribution in [3.63, 3.8) is 0 Å². The number of carbonyl (C=O) groups is 3. The Hall–Kier alpha value is -3.28. The number of nitrogens with one attached hydrogen (secondary N) is 1. The molecule has 11 heteroatoms. The van der Waals surface area contributed by atoms with Gasteiger partial charge in [0.2, 0.25) is 0 Å². The second kappa shape index (κ2) is 19.7. The second-order valence-corrected chi connectivity index (χ2v) is 10.3. The van der Waals surface area contributed by atoms with Crippen molar-refractivity contribution in [2.24, 2.45) is 23.3 Å². The summed E-state index contributed by atoms with van der Waals surface area (Å²) >= 11 is 0. The Labute approximate surface area is 236 Å². The zero-order valence-corrected chi connectivity index (χ0v) is 23.2. The smallest absolute Gasteiger partial charge is 0.338 e. The van der Waals surface area contributed by atoms with E-state index in [4.69, 9.17) is 11.5 Å². The molecule has 2 rings (SSSR count). The fourth-order valence-electron chi connectivity index (χ4n) is 4.59. The lowest BCUT2D eigenvalue weighted by molar-refractivity contribution is -0.466. The molecule has 0 bridgehead atoms. The van der Waals surface area contributed by atoms with Crippen LogP contribution < -0.4 is 32.4 Å². The fourth-order valence-corrected chi connectivity index (χ4v) is 4.59. The number of unbranched alkanes of at least 4 members (excludes halogenated alkanes) is 3. The van der Waals surface area contributed by atoms with Gasteiger partial charge in [-0.15, -0.1) is 0 Å². The lowest BCUT2D eigenvalue weighted by atomic mass is 9.88. The SMILES string of the molecule is NC(N)=[NH+]CCC[C@H]([NH3+])C(=O)[O-].O=C([O-])CCCCCCC1C(=O)C[C@@H](O)C1/C=C/[C@@H](O)CCc1ccccc1. The molecule has 40 heavy (non-hydrogen) atoms. The molecule has 1 fully saturated rings. The molecule has 2 unspecified atom stereocenters. The van der Waals surface area contributed by atoms with Crippen LogP contribution >= 0.6 is 0 Å². The highest BCUT2D eigenvalue weighted by molar-refractivity contribution is 5.84. The molecule has 224 valence electrons. The van der Waals surface area contributed by atoms with Gasteiger partial charge in [-0.05, 0) is 44.1 Å². The summed E-state index contributed by atoms with van der Waals surface area (Å²) in [7, 11) is 0. The Kier molecular flexibility index (Phi) is 17.1. The highest BCUT2D eigenvalue weighted by Crippen LogP contribution is 2.34. The van der Waals surface area contributed by atoms with Crippen LogP contribution in [0.5, 0.6) is 0 Å². The largest absolute Gasteiger partial charge is 0.550 e. The Morgan fingerprint density at radius 1 is 1.07 bits per heavy atom. The summed E-state index contributed by atoms with van der Waals surface area (Å²) in [6, 6.07) is 9.30. The summed E-state index contributed by atoms with van der Waals surface area (Å²) in [4.78, 5) is 35.5. The first kappa shape index (κ1) is 34.7. The van der Waals surface area contributed by atoms with E-state index in [0.717, 1.165) is 25.7 Å². The van der Waals surface area contributed by atoms with Crippen LogP contribution in [0.15, 0.2) is 42.5 Å². The molecule has 0 amide bonds. The number of aliphatic hydroxyl groups is 2. The Balaban J connectivity index is 0.000000562. The van der Waals surface area contributed by atoms with Crippen molar-refractivity contribution in [3.8, 4) is 0 Å². The third-order valence-corrected chi connectivity index (χ3v) is 6.90. The van der Waals surface area contributed by atoms with E-state index in [-0.39, 0.29) is 36.4 Å². The Morgan fingerprint density at radius 2 is 1.75 bits per heavy atom. The summed E-state index contributed by atoms with van der Waals surface area (Å²) in [6.45, 7) is 0.557. The number of aliphatic carboxylic acids is 2. The van der Waals surface area contributed by atoms with E-state index >= 15 is 0 Å². The normalized spacial score (nSPS) is 20.0. The van der Waals surface area contributed by atoms with Crippen LogP contribution in [0.1, 0.15) is 69.8 Å². The first-order valence-corrected chi connectivity index (χ1v) is 14.0. The third-order valence-electron chi connectivity index (χ3n) is 6.90. The lowest BCUT2D eigenvalue weighted by Crippen LogP contribution is -2.78. The molecule has 1 aliphatic rings. The predicted molar refractivity (Wildman–Crippen MR) is 145 cm³/mol. The molecule has 0 saturated heterocycles. The number of hydrogen-bond acceptors (Lipinski definition) is 7. The van der Waals surface area contributed by atoms with Gasteiger partial charge in [0, 0.05) is 30.6 Å². The second-order valence-electron chi connectivity index (χ2n) is 10.3. The van der Waals surface area contributed by atoms with Gasteiger partial charge in [-0.25, -0.2) is 0 Å². The van der Waals surface area contributed by atoms with E-state index in [9.17, 15) is 34.8 Å². The number of aryl methyl sites for hydroxylation is 1. The zero-order valence-electron chi connectivity index (χ0n) is 23.2. The average molecular weight is 563 g/mol. The van der Waals surface area contributed by atoms with Gasteiger partial charge in [0.15, 0.2) is 0 Å². The fraction of sp³-hybridized carbons (Fsp3) is 0.586. The minimum atomic E-state index is -1.13. The van der Waals surface area contributed by atoms with Crippen molar-refractivity contribution >= 4 is 23.7 Å². The van der Waals surface area contributed by atoms with Crippen LogP contribution in [-0.2, 0) is 20.8 Å². The number of hydrogen-bond donors (Lipinski definition) is 6. The predicted octanol–water partition coefficient (Wildman–Crippen LogP) is -3.33. The van der Waals surface area contributed by atoms with E-state index in [1.165, 1.54) is 5.56 Å². The van der Waals surface area contributed by atoms with Crippen molar-refractivity contribution < 1.29 is 45.5 Å².